The second kappa shape index (κ2) is 7.81. The summed E-state index contributed by atoms with van der Waals surface area (Å²) in [6, 6.07) is 9.83. The van der Waals surface area contributed by atoms with Crippen molar-refractivity contribution in [2.24, 2.45) is 5.41 Å². The normalized spacial score (nSPS) is 29.6. The molecule has 1 spiro atoms. The predicted molar refractivity (Wildman–Crippen MR) is 134 cm³/mol. The molecule has 1 saturated heterocycles. The molecule has 0 amide bonds. The highest BCUT2D eigenvalue weighted by Gasteiger charge is 2.56. The van der Waals surface area contributed by atoms with Gasteiger partial charge in [0.25, 0.3) is 0 Å². The van der Waals surface area contributed by atoms with Crippen LogP contribution in [0.1, 0.15) is 29.7 Å². The van der Waals surface area contributed by atoms with E-state index in [1.807, 2.05) is 34.7 Å². The third-order valence-electron chi connectivity index (χ3n) is 7.14. The molecule has 170 valence electrons. The Bertz CT molecular complexity index is 1400. The Kier molecular flexibility index (Phi) is 5.12. The van der Waals surface area contributed by atoms with Crippen molar-refractivity contribution in [1.29, 1.82) is 0 Å². The number of pyridine rings is 1. The zero-order valence-corrected chi connectivity index (χ0v) is 20.6. The number of nitrogens with two attached hydrogens (primary N) is 1. The predicted octanol–water partition coefficient (Wildman–Crippen LogP) is 4.51. The summed E-state index contributed by atoms with van der Waals surface area (Å²) in [6.45, 7) is 0. The second-order valence-corrected chi connectivity index (χ2v) is 11.4. The molecular weight excluding hydrogens is 526 g/mol. The lowest BCUT2D eigenvalue weighted by atomic mass is 9.80. The van der Waals surface area contributed by atoms with Crippen LogP contribution in [-0.4, -0.2) is 47.7 Å². The van der Waals surface area contributed by atoms with Gasteiger partial charge in [-0.1, -0.05) is 23.7 Å². The first-order chi connectivity index (χ1) is 15.9. The number of aliphatic hydroxyl groups excluding tert-OH is 2. The van der Waals surface area contributed by atoms with Gasteiger partial charge in [0.1, 0.15) is 29.0 Å². The van der Waals surface area contributed by atoms with Crippen LogP contribution in [0.4, 0.5) is 5.82 Å². The van der Waals surface area contributed by atoms with Gasteiger partial charge in [-0.05, 0) is 52.5 Å². The lowest BCUT2D eigenvalue weighted by molar-refractivity contribution is -0.0204. The van der Waals surface area contributed by atoms with Crippen molar-refractivity contribution in [1.82, 2.24) is 19.5 Å². The van der Waals surface area contributed by atoms with Crippen LogP contribution in [0.5, 0.6) is 0 Å². The van der Waals surface area contributed by atoms with E-state index in [1.165, 1.54) is 6.33 Å². The number of anilines is 1. The van der Waals surface area contributed by atoms with Gasteiger partial charge in [0.15, 0.2) is 0 Å². The van der Waals surface area contributed by atoms with Crippen LogP contribution in [0.2, 0.25) is 5.15 Å². The Hall–Kier alpha value is -1.91. The quantitative estimate of drug-likeness (QED) is 0.317. The highest BCUT2D eigenvalue weighted by molar-refractivity contribution is 9.10. The molecule has 4 heterocycles. The molecule has 1 aliphatic heterocycles. The van der Waals surface area contributed by atoms with Crippen molar-refractivity contribution in [3.8, 4) is 0 Å². The third-order valence-corrected chi connectivity index (χ3v) is 9.66. The molecular formula is C23H21BrClN5O2S. The Labute approximate surface area is 207 Å². The van der Waals surface area contributed by atoms with Crippen LogP contribution in [0, 0.1) is 5.41 Å². The molecule has 4 aromatic rings. The zero-order valence-electron chi connectivity index (χ0n) is 17.4. The Morgan fingerprint density at radius 2 is 2.03 bits per heavy atom. The van der Waals surface area contributed by atoms with Crippen LogP contribution < -0.4 is 5.73 Å². The zero-order chi connectivity index (χ0) is 22.9. The average Bonchev–Trinajstić information content (AvgIpc) is 3.48. The largest absolute Gasteiger partial charge is 0.390 e. The number of nitrogen functional groups attached to an aromatic ring is 1. The molecule has 3 aromatic heterocycles. The number of nitrogens with zero attached hydrogens (tertiary/aromatic N) is 4. The van der Waals surface area contributed by atoms with E-state index in [9.17, 15) is 10.2 Å². The molecule has 5 atom stereocenters. The molecule has 6 rings (SSSR count). The molecule has 2 aliphatic rings. The van der Waals surface area contributed by atoms with Crippen molar-refractivity contribution in [3.63, 3.8) is 0 Å². The SMILES string of the molecule is Nc1nc2cc([C@H]3C[C@@]4(CS3)C[C@@H](n3ccc5c(Cl)ncnc53)[C@H](O)[C@@H]4O)ccc2cc1Br. The van der Waals surface area contributed by atoms with Gasteiger partial charge in [-0.25, -0.2) is 15.0 Å². The van der Waals surface area contributed by atoms with Crippen molar-refractivity contribution >= 4 is 67.0 Å². The van der Waals surface area contributed by atoms with Gasteiger partial charge < -0.3 is 20.5 Å². The number of aromatic nitrogens is 4. The van der Waals surface area contributed by atoms with Crippen LogP contribution in [0.3, 0.4) is 0 Å². The highest BCUT2D eigenvalue weighted by Crippen LogP contribution is 2.59. The van der Waals surface area contributed by atoms with Gasteiger partial charge in [0, 0.05) is 28.0 Å². The minimum atomic E-state index is -0.885. The van der Waals surface area contributed by atoms with E-state index < -0.39 is 12.2 Å². The average molecular weight is 547 g/mol. The first kappa shape index (κ1) is 21.6. The summed E-state index contributed by atoms with van der Waals surface area (Å²) in [5.74, 6) is 1.24. The maximum atomic E-state index is 11.2. The molecule has 0 unspecified atom stereocenters. The molecule has 10 heteroatoms. The van der Waals surface area contributed by atoms with Crippen LogP contribution >= 0.6 is 39.3 Å². The Balaban J connectivity index is 1.30. The molecule has 1 aliphatic carbocycles. The van der Waals surface area contributed by atoms with Gasteiger partial charge in [-0.15, -0.1) is 0 Å². The summed E-state index contributed by atoms with van der Waals surface area (Å²) >= 11 is 11.5. The van der Waals surface area contributed by atoms with Gasteiger partial charge in [0.05, 0.1) is 27.5 Å². The lowest BCUT2D eigenvalue weighted by Gasteiger charge is -2.27. The van der Waals surface area contributed by atoms with Gasteiger partial charge in [-0.3, -0.25) is 0 Å². The molecule has 2 fully saturated rings. The Morgan fingerprint density at radius 1 is 1.18 bits per heavy atom. The topological polar surface area (TPSA) is 110 Å². The monoisotopic (exact) mass is 545 g/mol. The molecule has 1 saturated carbocycles. The second-order valence-electron chi connectivity index (χ2n) is 9.01. The summed E-state index contributed by atoms with van der Waals surface area (Å²) in [5.41, 5.74) is 8.30. The third kappa shape index (κ3) is 3.36. The van der Waals surface area contributed by atoms with E-state index in [-0.39, 0.29) is 16.7 Å². The number of benzene rings is 1. The summed E-state index contributed by atoms with van der Waals surface area (Å²) in [4.78, 5) is 12.9. The molecule has 4 N–H and O–H groups in total. The van der Waals surface area contributed by atoms with E-state index in [4.69, 9.17) is 17.3 Å². The van der Waals surface area contributed by atoms with Crippen LogP contribution in [-0.2, 0) is 0 Å². The van der Waals surface area contributed by atoms with E-state index in [2.05, 4.69) is 49.1 Å². The van der Waals surface area contributed by atoms with Crippen molar-refractivity contribution in [2.45, 2.75) is 36.3 Å². The standard InChI is InChI=1S/C23H21BrClN5O2S/c24-14-5-11-1-2-12(6-15(11)29-21(14)26)17-8-23(9-33-17)7-16(18(31)19(23)32)30-4-3-13-20(25)27-10-28-22(13)30/h1-6,10,16-19,31-32H,7-9H2,(H2,26,29)/t16-,17-,18+,19+,23-/m1/s1. The van der Waals surface area contributed by atoms with Crippen LogP contribution in [0.15, 0.2) is 47.3 Å². The summed E-state index contributed by atoms with van der Waals surface area (Å²) in [5, 5.41) is 24.6. The van der Waals surface area contributed by atoms with Crippen molar-refractivity contribution in [2.75, 3.05) is 11.5 Å². The first-order valence-electron chi connectivity index (χ1n) is 10.7. The smallest absolute Gasteiger partial charge is 0.145 e. The summed E-state index contributed by atoms with van der Waals surface area (Å²) in [6.07, 6.45) is 3.04. The lowest BCUT2D eigenvalue weighted by Crippen LogP contribution is -2.36. The van der Waals surface area contributed by atoms with Crippen molar-refractivity contribution < 1.29 is 10.2 Å². The minimum Gasteiger partial charge on any atom is -0.390 e. The van der Waals surface area contributed by atoms with E-state index in [0.717, 1.165) is 38.5 Å². The molecule has 0 radical (unpaired) electrons. The van der Waals surface area contributed by atoms with Gasteiger partial charge in [0.2, 0.25) is 0 Å². The number of fused-ring (bicyclic) bond motifs is 2. The summed E-state index contributed by atoms with van der Waals surface area (Å²) in [7, 11) is 0. The molecule has 7 nitrogen and oxygen atoms in total. The number of thioether (sulfide) groups is 1. The van der Waals surface area contributed by atoms with E-state index >= 15 is 0 Å². The summed E-state index contributed by atoms with van der Waals surface area (Å²) < 4.78 is 2.72. The first-order valence-corrected chi connectivity index (χ1v) is 12.9. The Morgan fingerprint density at radius 3 is 2.88 bits per heavy atom. The number of halogens is 2. The maximum Gasteiger partial charge on any atom is 0.145 e. The molecule has 0 bridgehead atoms. The number of aliphatic hydroxyl groups is 2. The fourth-order valence-electron chi connectivity index (χ4n) is 5.39. The van der Waals surface area contributed by atoms with Crippen LogP contribution in [0.25, 0.3) is 21.9 Å². The number of hydrogen-bond acceptors (Lipinski definition) is 7. The van der Waals surface area contributed by atoms with Crippen molar-refractivity contribution in [3.05, 3.63) is 58.0 Å². The van der Waals surface area contributed by atoms with E-state index in [0.29, 0.717) is 23.0 Å². The minimum absolute atomic E-state index is 0.208. The van der Waals surface area contributed by atoms with E-state index in [1.54, 1.807) is 0 Å². The fraction of sp³-hybridized carbons (Fsp3) is 0.348. The van der Waals surface area contributed by atoms with Gasteiger partial charge >= 0.3 is 0 Å². The number of hydrogen-bond donors (Lipinski definition) is 3. The highest BCUT2D eigenvalue weighted by atomic mass is 79.9. The van der Waals surface area contributed by atoms with Gasteiger partial charge in [-0.2, -0.15) is 11.8 Å². The maximum absolute atomic E-state index is 11.2. The fourth-order valence-corrected chi connectivity index (χ4v) is 7.65. The molecule has 33 heavy (non-hydrogen) atoms. The number of rotatable bonds is 2. The molecule has 1 aromatic carbocycles.